The van der Waals surface area contributed by atoms with E-state index in [-0.39, 0.29) is 0 Å². The summed E-state index contributed by atoms with van der Waals surface area (Å²) in [5.41, 5.74) is 2.20. The van der Waals surface area contributed by atoms with Crippen LogP contribution in [0.2, 0.25) is 5.02 Å². The summed E-state index contributed by atoms with van der Waals surface area (Å²) in [6.45, 7) is 7.08. The molecule has 210 valence electrons. The van der Waals surface area contributed by atoms with Crippen molar-refractivity contribution in [3.63, 3.8) is 0 Å². The molecule has 2 aromatic rings. The first-order valence-corrected chi connectivity index (χ1v) is 12.7. The average molecular weight is 563 g/mol. The number of hydrogen-bond acceptors (Lipinski definition) is 10. The van der Waals surface area contributed by atoms with Gasteiger partial charge in [-0.05, 0) is 48.2 Å². The van der Waals surface area contributed by atoms with Gasteiger partial charge < -0.3 is 28.4 Å². The molecule has 0 N–H and O–H groups in total. The molecule has 11 heteroatoms. The Morgan fingerprint density at radius 2 is 1.33 bits per heavy atom. The summed E-state index contributed by atoms with van der Waals surface area (Å²) in [4.78, 5) is 47.9. The van der Waals surface area contributed by atoms with Crippen molar-refractivity contribution in [1.82, 2.24) is 0 Å². The van der Waals surface area contributed by atoms with Gasteiger partial charge in [-0.15, -0.1) is 0 Å². The number of carbonyl (C=O) groups is 4. The standard InChI is InChI=1S/C28H31ClO10/c1-6-34-22-10-7-19(8-11-22)13-21-14-20(9-12-23(21)29)24-25(35-15(2)30)26(36-16(3)31)27(37-17(4)32)28(39-24)38-18(5)33/h7-12,14,24-28H,6,13H2,1-5H3/t24-,25-,26+,27-,28?/m0/s1. The van der Waals surface area contributed by atoms with Crippen molar-refractivity contribution in [1.29, 1.82) is 0 Å². The maximum atomic E-state index is 12.1. The minimum atomic E-state index is -1.46. The van der Waals surface area contributed by atoms with Gasteiger partial charge in [0.1, 0.15) is 11.9 Å². The molecule has 1 unspecified atom stereocenters. The molecule has 0 radical (unpaired) electrons. The number of esters is 4. The molecule has 3 rings (SSSR count). The Hall–Kier alpha value is -3.63. The summed E-state index contributed by atoms with van der Waals surface area (Å²) in [7, 11) is 0. The highest BCUT2D eigenvalue weighted by atomic mass is 35.5. The normalized spacial score (nSPS) is 22.4. The van der Waals surface area contributed by atoms with Gasteiger partial charge in [0.2, 0.25) is 12.4 Å². The Kier molecular flexibility index (Phi) is 10.3. The molecular formula is C28H31ClO10. The molecule has 1 fully saturated rings. The van der Waals surface area contributed by atoms with E-state index < -0.39 is 54.6 Å². The van der Waals surface area contributed by atoms with Crippen molar-refractivity contribution in [2.24, 2.45) is 0 Å². The molecule has 39 heavy (non-hydrogen) atoms. The topological polar surface area (TPSA) is 124 Å². The Labute approximate surface area is 231 Å². The van der Waals surface area contributed by atoms with Gasteiger partial charge in [-0.3, -0.25) is 19.2 Å². The Morgan fingerprint density at radius 1 is 0.769 bits per heavy atom. The lowest BCUT2D eigenvalue weighted by atomic mass is 9.91. The van der Waals surface area contributed by atoms with Crippen LogP contribution in [0.5, 0.6) is 5.75 Å². The van der Waals surface area contributed by atoms with E-state index in [0.29, 0.717) is 23.6 Å². The van der Waals surface area contributed by atoms with Crippen LogP contribution in [0, 0.1) is 0 Å². The van der Waals surface area contributed by atoms with Crippen molar-refractivity contribution >= 4 is 35.5 Å². The zero-order valence-corrected chi connectivity index (χ0v) is 23.1. The first kappa shape index (κ1) is 29.9. The van der Waals surface area contributed by atoms with Crippen molar-refractivity contribution in [2.45, 2.75) is 71.7 Å². The van der Waals surface area contributed by atoms with Crippen molar-refractivity contribution in [3.05, 3.63) is 64.2 Å². The molecule has 0 amide bonds. The summed E-state index contributed by atoms with van der Waals surface area (Å²) in [5, 5.41) is 0.485. The number of carbonyl (C=O) groups excluding carboxylic acids is 4. The third-order valence-electron chi connectivity index (χ3n) is 5.71. The van der Waals surface area contributed by atoms with Gasteiger partial charge in [-0.25, -0.2) is 0 Å². The minimum absolute atomic E-state index is 0.459. The van der Waals surface area contributed by atoms with Crippen LogP contribution in [0.15, 0.2) is 42.5 Å². The first-order chi connectivity index (χ1) is 18.5. The zero-order valence-electron chi connectivity index (χ0n) is 22.3. The SMILES string of the molecule is CCOc1ccc(Cc2cc([C@@H]3OC(OC(C)=O)[C@@H](OC(C)=O)[C@H](OC(C)=O)[C@H]3OC(C)=O)ccc2Cl)cc1. The van der Waals surface area contributed by atoms with Crippen molar-refractivity contribution in [3.8, 4) is 5.75 Å². The van der Waals surface area contributed by atoms with Crippen molar-refractivity contribution < 1.29 is 47.6 Å². The summed E-state index contributed by atoms with van der Waals surface area (Å²) in [6.07, 6.45) is -6.07. The highest BCUT2D eigenvalue weighted by Crippen LogP contribution is 2.39. The molecular weight excluding hydrogens is 532 g/mol. The molecule has 0 bridgehead atoms. The number of rotatable bonds is 9. The summed E-state index contributed by atoms with van der Waals surface area (Å²) in [6, 6.07) is 12.7. The van der Waals surface area contributed by atoms with Gasteiger partial charge in [0.25, 0.3) is 0 Å². The van der Waals surface area contributed by atoms with Crippen LogP contribution in [0.3, 0.4) is 0 Å². The Morgan fingerprint density at radius 3 is 1.90 bits per heavy atom. The Balaban J connectivity index is 2.03. The fourth-order valence-electron chi connectivity index (χ4n) is 4.30. The molecule has 1 aliphatic rings. The van der Waals surface area contributed by atoms with Crippen LogP contribution in [-0.2, 0) is 49.3 Å². The van der Waals surface area contributed by atoms with Crippen LogP contribution < -0.4 is 4.74 Å². The third-order valence-corrected chi connectivity index (χ3v) is 6.08. The third kappa shape index (κ3) is 8.18. The molecule has 2 aromatic carbocycles. The lowest BCUT2D eigenvalue weighted by molar-refractivity contribution is -0.298. The molecule has 5 atom stereocenters. The van der Waals surface area contributed by atoms with Crippen LogP contribution >= 0.6 is 11.6 Å². The number of halogens is 1. The molecule has 1 heterocycles. The molecule has 1 saturated heterocycles. The molecule has 10 nitrogen and oxygen atoms in total. The zero-order chi connectivity index (χ0) is 28.7. The van der Waals surface area contributed by atoms with E-state index in [1.165, 1.54) is 6.92 Å². The van der Waals surface area contributed by atoms with Crippen LogP contribution in [-0.4, -0.2) is 55.1 Å². The van der Waals surface area contributed by atoms with Crippen LogP contribution in [0.4, 0.5) is 0 Å². The smallest absolute Gasteiger partial charge is 0.305 e. The number of ether oxygens (including phenoxy) is 6. The Bertz CT molecular complexity index is 1200. The molecule has 1 aliphatic heterocycles. The first-order valence-electron chi connectivity index (χ1n) is 12.3. The second kappa shape index (κ2) is 13.4. The maximum absolute atomic E-state index is 12.1. The fraction of sp³-hybridized carbons (Fsp3) is 0.429. The van der Waals surface area contributed by atoms with Gasteiger partial charge in [0.15, 0.2) is 12.2 Å². The summed E-state index contributed by atoms with van der Waals surface area (Å²) < 4.78 is 33.2. The van der Waals surface area contributed by atoms with E-state index in [1.807, 2.05) is 31.2 Å². The maximum Gasteiger partial charge on any atom is 0.305 e. The van der Waals surface area contributed by atoms with E-state index >= 15 is 0 Å². The lowest BCUT2D eigenvalue weighted by Gasteiger charge is -2.44. The number of hydrogen-bond donors (Lipinski definition) is 0. The average Bonchev–Trinajstić information content (AvgIpc) is 2.84. The number of benzene rings is 2. The van der Waals surface area contributed by atoms with E-state index in [2.05, 4.69) is 0 Å². The predicted molar refractivity (Wildman–Crippen MR) is 138 cm³/mol. The minimum Gasteiger partial charge on any atom is -0.494 e. The van der Waals surface area contributed by atoms with Gasteiger partial charge in [-0.2, -0.15) is 0 Å². The van der Waals surface area contributed by atoms with Gasteiger partial charge in [-0.1, -0.05) is 35.9 Å². The molecule has 0 spiro atoms. The highest BCUT2D eigenvalue weighted by molar-refractivity contribution is 6.31. The van der Waals surface area contributed by atoms with Crippen LogP contribution in [0.25, 0.3) is 0 Å². The summed E-state index contributed by atoms with van der Waals surface area (Å²) in [5.74, 6) is -2.15. The van der Waals surface area contributed by atoms with E-state index in [9.17, 15) is 19.2 Å². The van der Waals surface area contributed by atoms with Gasteiger partial charge >= 0.3 is 23.9 Å². The summed E-state index contributed by atoms with van der Waals surface area (Å²) >= 11 is 6.52. The van der Waals surface area contributed by atoms with E-state index in [1.54, 1.807) is 18.2 Å². The fourth-order valence-corrected chi connectivity index (χ4v) is 4.48. The van der Waals surface area contributed by atoms with Crippen molar-refractivity contribution in [2.75, 3.05) is 6.61 Å². The largest absolute Gasteiger partial charge is 0.494 e. The second-order valence-corrected chi connectivity index (χ2v) is 9.27. The molecule has 0 aromatic heterocycles. The lowest BCUT2D eigenvalue weighted by Crippen LogP contribution is -2.59. The van der Waals surface area contributed by atoms with Gasteiger partial charge in [0, 0.05) is 32.7 Å². The monoisotopic (exact) mass is 562 g/mol. The molecule has 0 aliphatic carbocycles. The van der Waals surface area contributed by atoms with Gasteiger partial charge in [0.05, 0.1) is 6.61 Å². The van der Waals surface area contributed by atoms with E-state index in [4.69, 9.17) is 40.0 Å². The van der Waals surface area contributed by atoms with E-state index in [0.717, 1.165) is 37.6 Å². The molecule has 0 saturated carbocycles. The second-order valence-electron chi connectivity index (χ2n) is 8.86. The predicted octanol–water partition coefficient (Wildman–Crippen LogP) is 4.09. The highest BCUT2D eigenvalue weighted by Gasteiger charge is 2.53. The van der Waals surface area contributed by atoms with Crippen LogP contribution in [0.1, 0.15) is 57.4 Å². The quantitative estimate of drug-likeness (QED) is 0.326.